The predicted octanol–water partition coefficient (Wildman–Crippen LogP) is -0.631. The van der Waals surface area contributed by atoms with Gasteiger partial charge in [0.1, 0.15) is 6.10 Å². The van der Waals surface area contributed by atoms with E-state index >= 15 is 0 Å². The second kappa shape index (κ2) is 7.31. The van der Waals surface area contributed by atoms with Crippen LogP contribution < -0.4 is 5.32 Å². The van der Waals surface area contributed by atoms with E-state index in [0.717, 1.165) is 31.2 Å². The Hall–Kier alpha value is -1.64. The molecule has 8 nitrogen and oxygen atoms in total. The molecule has 4 aliphatic heterocycles. The zero-order valence-corrected chi connectivity index (χ0v) is 15.3. The largest absolute Gasteiger partial charge is 0.370 e. The monoisotopic (exact) mass is 347 g/mol. The molecule has 1 N–H and O–H groups in total. The van der Waals surface area contributed by atoms with Gasteiger partial charge in [-0.15, -0.1) is 0 Å². The van der Waals surface area contributed by atoms with E-state index in [1.54, 1.807) is 0 Å². The van der Waals surface area contributed by atoms with Crippen LogP contribution in [0.5, 0.6) is 0 Å². The van der Waals surface area contributed by atoms with E-state index in [-0.39, 0.29) is 6.10 Å². The summed E-state index contributed by atoms with van der Waals surface area (Å²) in [6.07, 6.45) is 3.98. The third-order valence-electron chi connectivity index (χ3n) is 5.56. The summed E-state index contributed by atoms with van der Waals surface area (Å²) in [5.41, 5.74) is 1.13. The number of morpholine rings is 1. The van der Waals surface area contributed by atoms with Crippen LogP contribution in [0.3, 0.4) is 0 Å². The summed E-state index contributed by atoms with van der Waals surface area (Å²) in [5.74, 6) is 0.981. The second-order valence-corrected chi connectivity index (χ2v) is 7.17. The molecule has 0 radical (unpaired) electrons. The van der Waals surface area contributed by atoms with Gasteiger partial charge in [0.25, 0.3) is 0 Å². The quantitative estimate of drug-likeness (QED) is 0.580. The number of aliphatic imine (C=N–C) groups is 1. The summed E-state index contributed by atoms with van der Waals surface area (Å²) in [6.45, 7) is 9.37. The molecule has 2 atom stereocenters. The molecule has 0 amide bonds. The highest BCUT2D eigenvalue weighted by molar-refractivity contribution is 5.80. The van der Waals surface area contributed by atoms with Gasteiger partial charge in [0.2, 0.25) is 0 Å². The topological polar surface area (TPSA) is 61.2 Å². The Bertz CT molecular complexity index is 608. The molecule has 2 bridgehead atoms. The molecule has 25 heavy (non-hydrogen) atoms. The van der Waals surface area contributed by atoms with Gasteiger partial charge in [-0.1, -0.05) is 0 Å². The average Bonchev–Trinajstić information content (AvgIpc) is 3.10. The minimum atomic E-state index is 0.0570. The Balaban J connectivity index is 1.34. The minimum absolute atomic E-state index is 0.0570. The third-order valence-corrected chi connectivity index (χ3v) is 5.56. The summed E-state index contributed by atoms with van der Waals surface area (Å²) >= 11 is 0. The average molecular weight is 347 g/mol. The number of ether oxygens (including phenoxy) is 1. The number of hydrogen-bond acceptors (Lipinski definition) is 5. The molecule has 1 aromatic rings. The molecular formula is C17H29N7O. The maximum atomic E-state index is 5.94. The first kappa shape index (κ1) is 16.8. The number of aryl methyl sites for hydroxylation is 1. The first-order chi connectivity index (χ1) is 12.2. The molecule has 0 spiro atoms. The van der Waals surface area contributed by atoms with Crippen molar-refractivity contribution in [2.45, 2.75) is 12.1 Å². The maximum absolute atomic E-state index is 5.94. The number of aromatic nitrogens is 2. The lowest BCUT2D eigenvalue weighted by Crippen LogP contribution is -2.64. The highest BCUT2D eigenvalue weighted by atomic mass is 16.5. The van der Waals surface area contributed by atoms with Crippen LogP contribution in [0.25, 0.3) is 0 Å². The van der Waals surface area contributed by atoms with E-state index in [9.17, 15) is 0 Å². The van der Waals surface area contributed by atoms with Crippen LogP contribution in [0.1, 0.15) is 11.7 Å². The van der Waals surface area contributed by atoms with Gasteiger partial charge >= 0.3 is 0 Å². The van der Waals surface area contributed by atoms with Gasteiger partial charge in [0, 0.05) is 77.7 Å². The molecule has 0 aliphatic carbocycles. The van der Waals surface area contributed by atoms with E-state index in [2.05, 4.69) is 30.1 Å². The first-order valence-corrected chi connectivity index (χ1v) is 9.25. The van der Waals surface area contributed by atoms with Crippen molar-refractivity contribution < 1.29 is 4.74 Å². The molecule has 2 unspecified atom stereocenters. The molecule has 0 aromatic carbocycles. The number of piperazine rings is 3. The molecule has 8 heteroatoms. The number of nitrogens with zero attached hydrogens (tertiary/aromatic N) is 6. The van der Waals surface area contributed by atoms with Crippen molar-refractivity contribution in [3.8, 4) is 0 Å². The van der Waals surface area contributed by atoms with Gasteiger partial charge in [-0.25, -0.2) is 0 Å². The van der Waals surface area contributed by atoms with E-state index < -0.39 is 0 Å². The zero-order valence-electron chi connectivity index (χ0n) is 15.3. The number of fused-ring (bicyclic) bond motifs is 3. The SMILES string of the molecule is CN=C(NCC1CN2CCN1CC2)N1CCOC(c2cnn(C)c2)C1. The summed E-state index contributed by atoms with van der Waals surface area (Å²) in [4.78, 5) is 12.0. The van der Waals surface area contributed by atoms with Gasteiger partial charge in [-0.3, -0.25) is 19.5 Å². The second-order valence-electron chi connectivity index (χ2n) is 7.17. The van der Waals surface area contributed by atoms with Crippen molar-refractivity contribution in [2.24, 2.45) is 12.0 Å². The van der Waals surface area contributed by atoms with E-state index in [1.807, 2.05) is 31.2 Å². The van der Waals surface area contributed by atoms with Crippen molar-refractivity contribution in [1.29, 1.82) is 0 Å². The van der Waals surface area contributed by atoms with Crippen molar-refractivity contribution in [3.05, 3.63) is 18.0 Å². The van der Waals surface area contributed by atoms with Crippen molar-refractivity contribution >= 4 is 5.96 Å². The Kier molecular flexibility index (Phi) is 4.91. The van der Waals surface area contributed by atoms with E-state index in [1.165, 1.54) is 32.7 Å². The molecule has 5 heterocycles. The van der Waals surface area contributed by atoms with E-state index in [4.69, 9.17) is 4.74 Å². The third kappa shape index (κ3) is 3.65. The van der Waals surface area contributed by atoms with Gasteiger partial charge in [0.15, 0.2) is 5.96 Å². The van der Waals surface area contributed by atoms with Crippen LogP contribution in [-0.2, 0) is 11.8 Å². The highest BCUT2D eigenvalue weighted by Gasteiger charge is 2.32. The normalized spacial score (nSPS) is 32.9. The molecule has 4 aliphatic rings. The summed E-state index contributed by atoms with van der Waals surface area (Å²) < 4.78 is 7.77. The lowest BCUT2D eigenvalue weighted by molar-refractivity contribution is -0.00900. The van der Waals surface area contributed by atoms with Crippen molar-refractivity contribution in [3.63, 3.8) is 0 Å². The van der Waals surface area contributed by atoms with Crippen molar-refractivity contribution in [2.75, 3.05) is 66.0 Å². The van der Waals surface area contributed by atoms with E-state index in [0.29, 0.717) is 12.6 Å². The van der Waals surface area contributed by atoms with Gasteiger partial charge < -0.3 is 15.0 Å². The Morgan fingerprint density at radius 1 is 1.28 bits per heavy atom. The number of guanidine groups is 1. The fourth-order valence-corrected chi connectivity index (χ4v) is 4.11. The van der Waals surface area contributed by atoms with Crippen LogP contribution in [0.4, 0.5) is 0 Å². The van der Waals surface area contributed by atoms with Crippen LogP contribution in [0.2, 0.25) is 0 Å². The van der Waals surface area contributed by atoms with Crippen LogP contribution in [0.15, 0.2) is 17.4 Å². The van der Waals surface area contributed by atoms with Gasteiger partial charge in [0.05, 0.1) is 19.3 Å². The van der Waals surface area contributed by atoms with Crippen LogP contribution in [-0.4, -0.2) is 102 Å². The summed E-state index contributed by atoms with van der Waals surface area (Å²) in [5, 5.41) is 7.87. The molecule has 0 saturated carbocycles. The predicted molar refractivity (Wildman–Crippen MR) is 96.6 cm³/mol. The number of rotatable bonds is 3. The minimum Gasteiger partial charge on any atom is -0.370 e. The standard InChI is InChI=1S/C17H29N7O/c1-18-17(19-10-15-12-22-3-5-23(15)6-4-22)24-7-8-25-16(13-24)14-9-20-21(2)11-14/h9,11,15-16H,3-8,10,12-13H2,1-2H3,(H,18,19). The molecule has 4 saturated heterocycles. The van der Waals surface area contributed by atoms with Gasteiger partial charge in [-0.2, -0.15) is 5.10 Å². The molecule has 5 rings (SSSR count). The molecule has 138 valence electrons. The molecular weight excluding hydrogens is 318 g/mol. The fraction of sp³-hybridized carbons (Fsp3) is 0.765. The summed E-state index contributed by atoms with van der Waals surface area (Å²) in [6, 6.07) is 0.592. The fourth-order valence-electron chi connectivity index (χ4n) is 4.11. The first-order valence-electron chi connectivity index (χ1n) is 9.25. The Labute approximate surface area is 149 Å². The maximum Gasteiger partial charge on any atom is 0.193 e. The zero-order chi connectivity index (χ0) is 17.2. The molecule has 4 fully saturated rings. The Morgan fingerprint density at radius 3 is 2.76 bits per heavy atom. The van der Waals surface area contributed by atoms with Crippen molar-refractivity contribution in [1.82, 2.24) is 29.8 Å². The lowest BCUT2D eigenvalue weighted by Gasteiger charge is -2.47. The molecule has 1 aromatic heterocycles. The lowest BCUT2D eigenvalue weighted by atomic mass is 10.1. The Morgan fingerprint density at radius 2 is 2.12 bits per heavy atom. The number of nitrogens with one attached hydrogen (secondary N) is 1. The van der Waals surface area contributed by atoms with Crippen LogP contribution in [0, 0.1) is 0 Å². The summed E-state index contributed by atoms with van der Waals surface area (Å²) in [7, 11) is 3.81. The number of hydrogen-bond donors (Lipinski definition) is 1. The smallest absolute Gasteiger partial charge is 0.193 e. The highest BCUT2D eigenvalue weighted by Crippen LogP contribution is 2.21. The van der Waals surface area contributed by atoms with Crippen LogP contribution >= 0.6 is 0 Å². The van der Waals surface area contributed by atoms with Gasteiger partial charge in [-0.05, 0) is 0 Å².